The lowest BCUT2D eigenvalue weighted by molar-refractivity contribution is -0.144. The fourth-order valence-corrected chi connectivity index (χ4v) is 2.43. The number of hydrogen-bond donors (Lipinski definition) is 0. The van der Waals surface area contributed by atoms with Crippen LogP contribution in [0, 0.1) is 12.8 Å². The first-order valence-electron chi connectivity index (χ1n) is 5.70. The van der Waals surface area contributed by atoms with Crippen LogP contribution in [0.15, 0.2) is 18.2 Å². The predicted octanol–water partition coefficient (Wildman–Crippen LogP) is 2.65. The minimum absolute atomic E-state index is 0.0154. The summed E-state index contributed by atoms with van der Waals surface area (Å²) in [6.07, 6.45) is 0.846. The molecule has 1 unspecified atom stereocenters. The number of nitrogens with zero attached hydrogens (tertiary/aromatic N) is 1. The molecule has 0 aliphatic carbocycles. The van der Waals surface area contributed by atoms with Gasteiger partial charge in [0.2, 0.25) is 0 Å². The summed E-state index contributed by atoms with van der Waals surface area (Å²) >= 11 is 6.00. The van der Waals surface area contributed by atoms with Gasteiger partial charge < -0.3 is 9.64 Å². The van der Waals surface area contributed by atoms with Crippen molar-refractivity contribution >= 4 is 23.3 Å². The molecule has 0 bridgehead atoms. The zero-order valence-electron chi connectivity index (χ0n) is 10.1. The third-order valence-electron chi connectivity index (χ3n) is 3.23. The maximum absolute atomic E-state index is 11.5. The van der Waals surface area contributed by atoms with Gasteiger partial charge in [-0.05, 0) is 31.0 Å². The molecular weight excluding hydrogens is 238 g/mol. The second-order valence-electron chi connectivity index (χ2n) is 4.39. The van der Waals surface area contributed by atoms with E-state index < -0.39 is 0 Å². The number of aryl methyl sites for hydroxylation is 1. The molecule has 1 aliphatic rings. The van der Waals surface area contributed by atoms with Gasteiger partial charge in [0, 0.05) is 23.8 Å². The van der Waals surface area contributed by atoms with Crippen LogP contribution < -0.4 is 4.90 Å². The summed E-state index contributed by atoms with van der Waals surface area (Å²) < 4.78 is 4.78. The molecular formula is C13H16ClNO2. The van der Waals surface area contributed by atoms with Crippen LogP contribution in [0.4, 0.5) is 5.69 Å². The molecule has 17 heavy (non-hydrogen) atoms. The molecule has 0 saturated carbocycles. The number of ether oxygens (including phenoxy) is 1. The fraction of sp³-hybridized carbons (Fsp3) is 0.462. The number of carbonyl (C=O) groups is 1. The van der Waals surface area contributed by atoms with Gasteiger partial charge in [-0.15, -0.1) is 0 Å². The van der Waals surface area contributed by atoms with Gasteiger partial charge in [0.1, 0.15) is 0 Å². The third kappa shape index (κ3) is 2.55. The van der Waals surface area contributed by atoms with E-state index in [2.05, 4.69) is 11.8 Å². The van der Waals surface area contributed by atoms with E-state index in [1.165, 1.54) is 12.7 Å². The summed E-state index contributed by atoms with van der Waals surface area (Å²) in [7, 11) is 1.44. The number of rotatable bonds is 2. The van der Waals surface area contributed by atoms with Crippen molar-refractivity contribution in [3.8, 4) is 0 Å². The number of halogens is 1. The largest absolute Gasteiger partial charge is 0.469 e. The Hall–Kier alpha value is -1.22. The Kier molecular flexibility index (Phi) is 3.57. The molecule has 4 heteroatoms. The predicted molar refractivity (Wildman–Crippen MR) is 68.5 cm³/mol. The molecule has 2 rings (SSSR count). The highest BCUT2D eigenvalue weighted by Gasteiger charge is 2.29. The van der Waals surface area contributed by atoms with Crippen LogP contribution in [0.5, 0.6) is 0 Å². The molecule has 1 aromatic carbocycles. The summed E-state index contributed by atoms with van der Waals surface area (Å²) in [4.78, 5) is 13.7. The smallest absolute Gasteiger partial charge is 0.310 e. The van der Waals surface area contributed by atoms with Crippen LogP contribution in [-0.4, -0.2) is 26.2 Å². The van der Waals surface area contributed by atoms with Gasteiger partial charge in [-0.1, -0.05) is 17.7 Å². The van der Waals surface area contributed by atoms with E-state index >= 15 is 0 Å². The number of hydrogen-bond acceptors (Lipinski definition) is 3. The summed E-state index contributed by atoms with van der Waals surface area (Å²) in [6.45, 7) is 3.64. The van der Waals surface area contributed by atoms with Crippen molar-refractivity contribution in [3.05, 3.63) is 28.8 Å². The van der Waals surface area contributed by atoms with E-state index in [0.717, 1.165) is 23.7 Å². The summed E-state index contributed by atoms with van der Waals surface area (Å²) in [5.41, 5.74) is 2.30. The molecule has 92 valence electrons. The Morgan fingerprint density at radius 1 is 1.53 bits per heavy atom. The van der Waals surface area contributed by atoms with Crippen LogP contribution in [0.1, 0.15) is 12.0 Å². The number of esters is 1. The highest BCUT2D eigenvalue weighted by Crippen LogP contribution is 2.29. The molecule has 1 atom stereocenters. The fourth-order valence-electron chi connectivity index (χ4n) is 2.26. The first-order chi connectivity index (χ1) is 8.11. The van der Waals surface area contributed by atoms with Crippen molar-refractivity contribution in [1.82, 2.24) is 0 Å². The van der Waals surface area contributed by atoms with E-state index in [1.54, 1.807) is 0 Å². The van der Waals surface area contributed by atoms with Crippen molar-refractivity contribution < 1.29 is 9.53 Å². The van der Waals surface area contributed by atoms with E-state index in [1.807, 2.05) is 18.2 Å². The lowest BCUT2D eigenvalue weighted by atomic mass is 10.1. The maximum atomic E-state index is 11.5. The third-order valence-corrected chi connectivity index (χ3v) is 3.47. The van der Waals surface area contributed by atoms with Crippen molar-refractivity contribution in [2.24, 2.45) is 5.92 Å². The van der Waals surface area contributed by atoms with E-state index in [9.17, 15) is 4.79 Å². The second-order valence-corrected chi connectivity index (χ2v) is 4.82. The van der Waals surface area contributed by atoms with Gasteiger partial charge in [-0.2, -0.15) is 0 Å². The number of carbonyl (C=O) groups excluding carboxylic acids is 1. The highest BCUT2D eigenvalue weighted by molar-refractivity contribution is 6.30. The van der Waals surface area contributed by atoms with Gasteiger partial charge in [-0.3, -0.25) is 4.79 Å². The van der Waals surface area contributed by atoms with Crippen LogP contribution in [0.2, 0.25) is 5.02 Å². The van der Waals surface area contributed by atoms with Crippen molar-refractivity contribution in [3.63, 3.8) is 0 Å². The Morgan fingerprint density at radius 2 is 2.29 bits per heavy atom. The monoisotopic (exact) mass is 253 g/mol. The lowest BCUT2D eigenvalue weighted by Crippen LogP contribution is -2.24. The molecule has 0 amide bonds. The molecule has 3 nitrogen and oxygen atoms in total. The molecule has 1 aliphatic heterocycles. The van der Waals surface area contributed by atoms with Gasteiger partial charge >= 0.3 is 5.97 Å². The van der Waals surface area contributed by atoms with Crippen LogP contribution in [-0.2, 0) is 9.53 Å². The van der Waals surface area contributed by atoms with Crippen molar-refractivity contribution in [2.45, 2.75) is 13.3 Å². The summed E-state index contributed by atoms with van der Waals surface area (Å²) in [6, 6.07) is 5.84. The maximum Gasteiger partial charge on any atom is 0.310 e. The second kappa shape index (κ2) is 4.96. The normalized spacial score (nSPS) is 19.5. The number of anilines is 1. The van der Waals surface area contributed by atoms with Gasteiger partial charge in [0.15, 0.2) is 0 Å². The number of methoxy groups -OCH3 is 1. The molecule has 1 heterocycles. The SMILES string of the molecule is COC(=O)C1CCN(c2cc(Cl)ccc2C)C1. The Labute approximate surface area is 106 Å². The minimum Gasteiger partial charge on any atom is -0.469 e. The molecule has 1 saturated heterocycles. The van der Waals surface area contributed by atoms with Gasteiger partial charge in [0.05, 0.1) is 13.0 Å². The Bertz CT molecular complexity index is 433. The minimum atomic E-state index is -0.118. The zero-order chi connectivity index (χ0) is 12.4. The zero-order valence-corrected chi connectivity index (χ0v) is 10.8. The first kappa shape index (κ1) is 12.2. The van der Waals surface area contributed by atoms with E-state index in [0.29, 0.717) is 6.54 Å². The van der Waals surface area contributed by atoms with Crippen LogP contribution in [0.3, 0.4) is 0 Å². The summed E-state index contributed by atoms with van der Waals surface area (Å²) in [5, 5.41) is 0.729. The van der Waals surface area contributed by atoms with Gasteiger partial charge in [0.25, 0.3) is 0 Å². The standard InChI is InChI=1S/C13H16ClNO2/c1-9-3-4-11(14)7-12(9)15-6-5-10(8-15)13(16)17-2/h3-4,7,10H,5-6,8H2,1-2H3. The molecule has 0 spiro atoms. The van der Waals surface area contributed by atoms with Crippen molar-refractivity contribution in [2.75, 3.05) is 25.1 Å². The number of benzene rings is 1. The quantitative estimate of drug-likeness (QED) is 0.759. The molecule has 0 N–H and O–H groups in total. The first-order valence-corrected chi connectivity index (χ1v) is 6.08. The Balaban J connectivity index is 2.15. The van der Waals surface area contributed by atoms with E-state index in [4.69, 9.17) is 16.3 Å². The molecule has 1 fully saturated rings. The van der Waals surface area contributed by atoms with Crippen LogP contribution in [0.25, 0.3) is 0 Å². The topological polar surface area (TPSA) is 29.5 Å². The highest BCUT2D eigenvalue weighted by atomic mass is 35.5. The molecule has 1 aromatic rings. The summed E-state index contributed by atoms with van der Waals surface area (Å²) in [5.74, 6) is -0.134. The average Bonchev–Trinajstić information content (AvgIpc) is 2.80. The molecule has 0 radical (unpaired) electrons. The average molecular weight is 254 g/mol. The van der Waals surface area contributed by atoms with Crippen LogP contribution >= 0.6 is 11.6 Å². The van der Waals surface area contributed by atoms with Gasteiger partial charge in [-0.25, -0.2) is 0 Å². The van der Waals surface area contributed by atoms with Crippen molar-refractivity contribution in [1.29, 1.82) is 0 Å². The lowest BCUT2D eigenvalue weighted by Gasteiger charge is -2.20. The van der Waals surface area contributed by atoms with E-state index in [-0.39, 0.29) is 11.9 Å². The molecule has 0 aromatic heterocycles. The Morgan fingerprint density at radius 3 is 3.00 bits per heavy atom.